The fourth-order valence-electron chi connectivity index (χ4n) is 0.272. The summed E-state index contributed by atoms with van der Waals surface area (Å²) >= 11 is 0. The SMILES string of the molecule is CC(F)(F)CNNC(=O)[O-]. The number of rotatable bonds is 3. The molecule has 1 amide bonds. The van der Waals surface area contributed by atoms with Gasteiger partial charge in [-0.2, -0.15) is 0 Å². The Balaban J connectivity index is 3.29. The smallest absolute Gasteiger partial charge is 0.259 e. The van der Waals surface area contributed by atoms with Crippen molar-refractivity contribution < 1.29 is 18.7 Å². The Morgan fingerprint density at radius 2 is 2.20 bits per heavy atom. The van der Waals surface area contributed by atoms with E-state index in [0.717, 1.165) is 0 Å². The van der Waals surface area contributed by atoms with Gasteiger partial charge in [0.15, 0.2) is 0 Å². The molecule has 0 radical (unpaired) electrons. The van der Waals surface area contributed by atoms with Crippen LogP contribution in [0.25, 0.3) is 0 Å². The standard InChI is InChI=1S/C4H8F2N2O2/c1-4(5,6)2-7-8-3(9)10/h7-8H,2H2,1H3,(H,9,10)/p-1. The zero-order chi connectivity index (χ0) is 8.20. The first-order valence-electron chi connectivity index (χ1n) is 2.49. The Hall–Kier alpha value is -0.910. The number of nitrogens with one attached hydrogen (secondary N) is 2. The maximum absolute atomic E-state index is 11.9. The van der Waals surface area contributed by atoms with Gasteiger partial charge in [-0.15, -0.1) is 0 Å². The van der Waals surface area contributed by atoms with Crippen molar-refractivity contribution in [2.45, 2.75) is 12.8 Å². The molecule has 0 aliphatic heterocycles. The van der Waals surface area contributed by atoms with Crippen molar-refractivity contribution in [1.29, 1.82) is 0 Å². The fourth-order valence-corrected chi connectivity index (χ4v) is 0.272. The van der Waals surface area contributed by atoms with Gasteiger partial charge in [0.25, 0.3) is 5.92 Å². The maximum Gasteiger partial charge on any atom is 0.259 e. The number of halogens is 2. The Kier molecular flexibility index (Phi) is 3.01. The van der Waals surface area contributed by atoms with Gasteiger partial charge in [-0.25, -0.2) is 14.2 Å². The first-order chi connectivity index (χ1) is 4.42. The van der Waals surface area contributed by atoms with Crippen molar-refractivity contribution in [3.05, 3.63) is 0 Å². The van der Waals surface area contributed by atoms with Crippen LogP contribution in [0.2, 0.25) is 0 Å². The average Bonchev–Trinajstić information content (AvgIpc) is 1.59. The highest BCUT2D eigenvalue weighted by Crippen LogP contribution is 2.07. The molecule has 0 bridgehead atoms. The third-order valence-electron chi connectivity index (χ3n) is 0.589. The van der Waals surface area contributed by atoms with Gasteiger partial charge in [0.1, 0.15) is 6.09 Å². The Morgan fingerprint density at radius 3 is 2.50 bits per heavy atom. The van der Waals surface area contributed by atoms with Gasteiger partial charge in [0, 0.05) is 6.92 Å². The molecule has 0 aromatic rings. The summed E-state index contributed by atoms with van der Waals surface area (Å²) in [5.74, 6) is -2.93. The molecule has 0 unspecified atom stereocenters. The topological polar surface area (TPSA) is 64.2 Å². The van der Waals surface area contributed by atoms with Gasteiger partial charge in [-0.3, -0.25) is 0 Å². The molecule has 0 saturated heterocycles. The predicted molar refractivity (Wildman–Crippen MR) is 27.2 cm³/mol. The minimum absolute atomic E-state index is 0.664. The number of carbonyl (C=O) groups excluding carboxylic acids is 1. The second-order valence-corrected chi connectivity index (χ2v) is 1.84. The summed E-state index contributed by atoms with van der Waals surface area (Å²) in [6, 6.07) is 0. The first-order valence-corrected chi connectivity index (χ1v) is 2.49. The lowest BCUT2D eigenvalue weighted by molar-refractivity contribution is -0.252. The number of amides is 1. The number of hydrazine groups is 1. The lowest BCUT2D eigenvalue weighted by Gasteiger charge is -2.12. The summed E-state index contributed by atoms with van der Waals surface area (Å²) < 4.78 is 23.7. The van der Waals surface area contributed by atoms with Crippen LogP contribution in [-0.2, 0) is 0 Å². The maximum atomic E-state index is 11.9. The first kappa shape index (κ1) is 9.09. The van der Waals surface area contributed by atoms with Crippen LogP contribution in [0.5, 0.6) is 0 Å². The Labute approximate surface area is 56.2 Å². The molecular weight excluding hydrogens is 146 g/mol. The van der Waals surface area contributed by atoms with E-state index in [1.807, 2.05) is 0 Å². The monoisotopic (exact) mass is 153 g/mol. The van der Waals surface area contributed by atoms with E-state index in [2.05, 4.69) is 0 Å². The molecule has 0 atom stereocenters. The summed E-state index contributed by atoms with van der Waals surface area (Å²) in [6.07, 6.45) is -1.63. The second kappa shape index (κ2) is 3.31. The quantitative estimate of drug-likeness (QED) is 0.515. The third kappa shape index (κ3) is 7.09. The number of hydrogen-bond acceptors (Lipinski definition) is 3. The van der Waals surface area contributed by atoms with Crippen LogP contribution < -0.4 is 16.0 Å². The number of carboxylic acid groups (broad SMARTS) is 1. The number of hydrogen-bond donors (Lipinski definition) is 2. The Morgan fingerprint density at radius 1 is 1.70 bits per heavy atom. The van der Waals surface area contributed by atoms with E-state index in [9.17, 15) is 18.7 Å². The van der Waals surface area contributed by atoms with Crippen LogP contribution in [0.1, 0.15) is 6.92 Å². The normalized spacial score (nSPS) is 11.1. The summed E-state index contributed by atoms with van der Waals surface area (Å²) in [5.41, 5.74) is 3.24. The molecule has 0 aliphatic rings. The highest BCUT2D eigenvalue weighted by atomic mass is 19.3. The third-order valence-corrected chi connectivity index (χ3v) is 0.589. The molecule has 0 heterocycles. The van der Waals surface area contributed by atoms with E-state index >= 15 is 0 Å². The largest absolute Gasteiger partial charge is 0.529 e. The average molecular weight is 153 g/mol. The minimum Gasteiger partial charge on any atom is -0.529 e. The van der Waals surface area contributed by atoms with Crippen LogP contribution in [-0.4, -0.2) is 18.6 Å². The van der Waals surface area contributed by atoms with Gasteiger partial charge in [-0.05, 0) is 0 Å². The molecule has 6 heteroatoms. The molecule has 4 nitrogen and oxygen atoms in total. The predicted octanol–water partition coefficient (Wildman–Crippen LogP) is -0.921. The number of alkyl halides is 2. The lowest BCUT2D eigenvalue weighted by atomic mass is 10.4. The van der Waals surface area contributed by atoms with Crippen molar-refractivity contribution in [1.82, 2.24) is 10.9 Å². The molecule has 0 spiro atoms. The molecule has 2 N–H and O–H groups in total. The summed E-state index contributed by atoms with van der Waals surface area (Å²) in [6.45, 7) is -0.0854. The van der Waals surface area contributed by atoms with E-state index in [4.69, 9.17) is 0 Å². The minimum atomic E-state index is -2.93. The second-order valence-electron chi connectivity index (χ2n) is 1.84. The van der Waals surface area contributed by atoms with Crippen molar-refractivity contribution >= 4 is 6.09 Å². The van der Waals surface area contributed by atoms with Crippen LogP contribution in [0.15, 0.2) is 0 Å². The molecule has 0 aromatic heterocycles. The highest BCUT2D eigenvalue weighted by molar-refractivity contribution is 5.60. The van der Waals surface area contributed by atoms with Gasteiger partial charge in [-0.1, -0.05) is 0 Å². The number of carbonyl (C=O) groups is 1. The molecule has 0 rings (SSSR count). The van der Waals surface area contributed by atoms with Crippen molar-refractivity contribution in [3.63, 3.8) is 0 Å². The molecule has 60 valence electrons. The van der Waals surface area contributed by atoms with E-state index in [-0.39, 0.29) is 0 Å². The molecule has 0 aliphatic carbocycles. The lowest BCUT2D eigenvalue weighted by Crippen LogP contribution is -2.48. The molecule has 0 fully saturated rings. The van der Waals surface area contributed by atoms with Crippen LogP contribution in [0.4, 0.5) is 13.6 Å². The summed E-state index contributed by atoms with van der Waals surface area (Å²) in [7, 11) is 0. The molecule has 10 heavy (non-hydrogen) atoms. The van der Waals surface area contributed by atoms with E-state index in [0.29, 0.717) is 6.92 Å². The van der Waals surface area contributed by atoms with Gasteiger partial charge < -0.3 is 15.3 Å². The van der Waals surface area contributed by atoms with Crippen molar-refractivity contribution in [3.8, 4) is 0 Å². The molecular formula is C4H7F2N2O2-. The van der Waals surface area contributed by atoms with E-state index < -0.39 is 18.6 Å². The summed E-state index contributed by atoms with van der Waals surface area (Å²) in [5, 5.41) is 9.56. The molecule has 0 saturated carbocycles. The van der Waals surface area contributed by atoms with E-state index in [1.54, 1.807) is 5.43 Å². The van der Waals surface area contributed by atoms with Crippen molar-refractivity contribution in [2.24, 2.45) is 0 Å². The summed E-state index contributed by atoms with van der Waals surface area (Å²) in [4.78, 5) is 9.56. The van der Waals surface area contributed by atoms with Gasteiger partial charge in [0.2, 0.25) is 0 Å². The van der Waals surface area contributed by atoms with Gasteiger partial charge in [0.05, 0.1) is 6.54 Å². The van der Waals surface area contributed by atoms with Crippen LogP contribution in [0, 0.1) is 0 Å². The van der Waals surface area contributed by atoms with Crippen LogP contribution in [0.3, 0.4) is 0 Å². The molecule has 0 aromatic carbocycles. The van der Waals surface area contributed by atoms with E-state index in [1.165, 1.54) is 5.43 Å². The van der Waals surface area contributed by atoms with Crippen molar-refractivity contribution in [2.75, 3.05) is 6.54 Å². The zero-order valence-corrected chi connectivity index (χ0v) is 5.28. The fraction of sp³-hybridized carbons (Fsp3) is 0.750. The van der Waals surface area contributed by atoms with Gasteiger partial charge >= 0.3 is 0 Å². The zero-order valence-electron chi connectivity index (χ0n) is 5.28. The highest BCUT2D eigenvalue weighted by Gasteiger charge is 2.19. The van der Waals surface area contributed by atoms with Crippen LogP contribution >= 0.6 is 0 Å². The Bertz CT molecular complexity index is 123.